The monoisotopic (exact) mass is 206 g/mol. The van der Waals surface area contributed by atoms with E-state index < -0.39 is 5.66 Å². The highest BCUT2D eigenvalue weighted by Gasteiger charge is 2.29. The number of nitrogens with two attached hydrogens (primary N) is 3. The lowest BCUT2D eigenvalue weighted by atomic mass is 10.0. The summed E-state index contributed by atoms with van der Waals surface area (Å²) in [5, 5.41) is 9.83. The van der Waals surface area contributed by atoms with Crippen molar-refractivity contribution in [2.75, 3.05) is 0 Å². The molecular formula is C9H14N6. The molecule has 0 aliphatic carbocycles. The van der Waals surface area contributed by atoms with Gasteiger partial charge in [-0.3, -0.25) is 5.10 Å². The van der Waals surface area contributed by atoms with Crippen LogP contribution in [0.5, 0.6) is 0 Å². The van der Waals surface area contributed by atoms with Crippen LogP contribution in [0.3, 0.4) is 0 Å². The van der Waals surface area contributed by atoms with Crippen molar-refractivity contribution in [3.63, 3.8) is 0 Å². The lowest BCUT2D eigenvalue weighted by molar-refractivity contribution is 0.452. The quantitative estimate of drug-likeness (QED) is 0.407. The van der Waals surface area contributed by atoms with Gasteiger partial charge >= 0.3 is 0 Å². The Bertz CT molecular complexity index is 443. The molecule has 0 saturated carbocycles. The van der Waals surface area contributed by atoms with Gasteiger partial charge < -0.3 is 22.5 Å². The van der Waals surface area contributed by atoms with E-state index in [1.54, 1.807) is 12.2 Å². The third kappa shape index (κ3) is 1.55. The van der Waals surface area contributed by atoms with Gasteiger partial charge in [0.25, 0.3) is 0 Å². The van der Waals surface area contributed by atoms with Gasteiger partial charge in [-0.2, -0.15) is 5.10 Å². The fourth-order valence-electron chi connectivity index (χ4n) is 1.43. The van der Waals surface area contributed by atoms with E-state index in [0.29, 0.717) is 17.2 Å². The third-order valence-corrected chi connectivity index (χ3v) is 2.31. The molecule has 1 aliphatic rings. The van der Waals surface area contributed by atoms with Crippen molar-refractivity contribution < 1.29 is 0 Å². The molecule has 6 heteroatoms. The molecule has 0 spiro atoms. The standard InChI is InChI=1S/C9H14N6/c1-5-4-7(15-14-5)9(12)3-2-6(10)8(11)13-9/h2-4,13H,10-12H2,1H3,(H,14,15). The van der Waals surface area contributed by atoms with Crippen molar-refractivity contribution in [1.29, 1.82) is 0 Å². The topological polar surface area (TPSA) is 119 Å². The van der Waals surface area contributed by atoms with Gasteiger partial charge in [0.05, 0.1) is 5.70 Å². The minimum Gasteiger partial charge on any atom is -0.396 e. The van der Waals surface area contributed by atoms with Gasteiger partial charge in [0.1, 0.15) is 11.5 Å². The van der Waals surface area contributed by atoms with Gasteiger partial charge in [-0.05, 0) is 25.1 Å². The SMILES string of the molecule is Cc1cc(C2(N)C=CC(N)=C(N)N2)n[nH]1. The highest BCUT2D eigenvalue weighted by atomic mass is 15.2. The van der Waals surface area contributed by atoms with E-state index in [4.69, 9.17) is 17.2 Å². The van der Waals surface area contributed by atoms with E-state index in [-0.39, 0.29) is 0 Å². The molecule has 0 bridgehead atoms. The second kappa shape index (κ2) is 3.03. The Hall–Kier alpha value is -1.95. The fourth-order valence-corrected chi connectivity index (χ4v) is 1.43. The summed E-state index contributed by atoms with van der Waals surface area (Å²) in [6.45, 7) is 1.90. The van der Waals surface area contributed by atoms with Gasteiger partial charge in [-0.15, -0.1) is 0 Å². The van der Waals surface area contributed by atoms with Gasteiger partial charge in [0.15, 0.2) is 5.66 Å². The summed E-state index contributed by atoms with van der Waals surface area (Å²) >= 11 is 0. The summed E-state index contributed by atoms with van der Waals surface area (Å²) in [5.41, 5.74) is 18.6. The van der Waals surface area contributed by atoms with Crippen molar-refractivity contribution in [1.82, 2.24) is 15.5 Å². The van der Waals surface area contributed by atoms with Gasteiger partial charge in [0.2, 0.25) is 0 Å². The van der Waals surface area contributed by atoms with Crippen LogP contribution in [0, 0.1) is 6.92 Å². The van der Waals surface area contributed by atoms with Crippen molar-refractivity contribution in [2.45, 2.75) is 12.6 Å². The van der Waals surface area contributed by atoms with Gasteiger partial charge in [0, 0.05) is 5.69 Å². The molecule has 2 rings (SSSR count). The summed E-state index contributed by atoms with van der Waals surface area (Å²) in [6, 6.07) is 1.85. The third-order valence-electron chi connectivity index (χ3n) is 2.31. The Kier molecular flexibility index (Phi) is 1.94. The number of aromatic amines is 1. The van der Waals surface area contributed by atoms with E-state index in [1.807, 2.05) is 13.0 Å². The van der Waals surface area contributed by atoms with Crippen LogP contribution in [0.1, 0.15) is 11.4 Å². The molecule has 1 aliphatic heterocycles. The van der Waals surface area contributed by atoms with Crippen molar-refractivity contribution in [2.24, 2.45) is 17.2 Å². The Morgan fingerprint density at radius 2 is 2.13 bits per heavy atom. The predicted octanol–water partition coefficient (Wildman–Crippen LogP) is -0.924. The van der Waals surface area contributed by atoms with Crippen LogP contribution in [-0.2, 0) is 5.66 Å². The maximum Gasteiger partial charge on any atom is 0.152 e. The molecule has 6 nitrogen and oxygen atoms in total. The zero-order valence-corrected chi connectivity index (χ0v) is 8.41. The molecule has 80 valence electrons. The summed E-state index contributed by atoms with van der Waals surface area (Å²) < 4.78 is 0. The summed E-state index contributed by atoms with van der Waals surface area (Å²) in [7, 11) is 0. The molecular weight excluding hydrogens is 192 g/mol. The first-order valence-electron chi connectivity index (χ1n) is 4.55. The minimum absolute atomic E-state index is 0.362. The lowest BCUT2D eigenvalue weighted by Gasteiger charge is -2.29. The Morgan fingerprint density at radius 1 is 1.40 bits per heavy atom. The second-order valence-corrected chi connectivity index (χ2v) is 3.63. The number of nitrogens with zero attached hydrogens (tertiary/aromatic N) is 1. The van der Waals surface area contributed by atoms with Crippen molar-refractivity contribution in [3.8, 4) is 0 Å². The van der Waals surface area contributed by atoms with Crippen molar-refractivity contribution >= 4 is 0 Å². The number of allylic oxidation sites excluding steroid dienone is 1. The number of dihydropyridines is 1. The van der Waals surface area contributed by atoms with Crippen LogP contribution >= 0.6 is 0 Å². The van der Waals surface area contributed by atoms with Crippen molar-refractivity contribution in [3.05, 3.63) is 41.1 Å². The maximum absolute atomic E-state index is 6.10. The van der Waals surface area contributed by atoms with Crippen LogP contribution in [-0.4, -0.2) is 10.2 Å². The molecule has 0 fully saturated rings. The van der Waals surface area contributed by atoms with E-state index in [2.05, 4.69) is 15.5 Å². The number of aryl methyl sites for hydroxylation is 1. The molecule has 15 heavy (non-hydrogen) atoms. The van der Waals surface area contributed by atoms with Crippen LogP contribution in [0.25, 0.3) is 0 Å². The van der Waals surface area contributed by atoms with E-state index >= 15 is 0 Å². The van der Waals surface area contributed by atoms with Crippen LogP contribution in [0.4, 0.5) is 0 Å². The molecule has 2 heterocycles. The number of aromatic nitrogens is 2. The molecule has 1 unspecified atom stereocenters. The highest BCUT2D eigenvalue weighted by molar-refractivity contribution is 5.34. The van der Waals surface area contributed by atoms with E-state index in [9.17, 15) is 0 Å². The first-order chi connectivity index (χ1) is 7.01. The number of rotatable bonds is 1. The first-order valence-corrected chi connectivity index (χ1v) is 4.55. The minimum atomic E-state index is -0.891. The molecule has 0 radical (unpaired) electrons. The molecule has 0 amide bonds. The summed E-state index contributed by atoms with van der Waals surface area (Å²) in [6.07, 6.45) is 3.41. The second-order valence-electron chi connectivity index (χ2n) is 3.63. The van der Waals surface area contributed by atoms with Gasteiger partial charge in [-0.1, -0.05) is 0 Å². The predicted molar refractivity (Wildman–Crippen MR) is 56.9 cm³/mol. The average molecular weight is 206 g/mol. The normalized spacial score (nSPS) is 25.5. The average Bonchev–Trinajstić information content (AvgIpc) is 2.60. The van der Waals surface area contributed by atoms with E-state index in [0.717, 1.165) is 5.69 Å². The largest absolute Gasteiger partial charge is 0.396 e. The smallest absolute Gasteiger partial charge is 0.152 e. The Balaban J connectivity index is 2.35. The number of hydrogen-bond acceptors (Lipinski definition) is 5. The van der Waals surface area contributed by atoms with Crippen LogP contribution in [0.2, 0.25) is 0 Å². The number of nitrogens with one attached hydrogen (secondary N) is 2. The Morgan fingerprint density at radius 3 is 2.67 bits per heavy atom. The fraction of sp³-hybridized carbons (Fsp3) is 0.222. The van der Waals surface area contributed by atoms with Crippen LogP contribution in [0.15, 0.2) is 29.7 Å². The zero-order valence-electron chi connectivity index (χ0n) is 8.41. The van der Waals surface area contributed by atoms with Crippen LogP contribution < -0.4 is 22.5 Å². The molecule has 8 N–H and O–H groups in total. The maximum atomic E-state index is 6.10. The van der Waals surface area contributed by atoms with Gasteiger partial charge in [-0.25, -0.2) is 0 Å². The number of H-pyrrole nitrogens is 1. The van der Waals surface area contributed by atoms with E-state index in [1.165, 1.54) is 0 Å². The summed E-state index contributed by atoms with van der Waals surface area (Å²) in [4.78, 5) is 0. The number of hydrogen-bond donors (Lipinski definition) is 5. The molecule has 0 saturated heterocycles. The first kappa shape index (κ1) is 9.60. The molecule has 0 aromatic carbocycles. The Labute approximate surface area is 87.2 Å². The summed E-state index contributed by atoms with van der Waals surface area (Å²) in [5.74, 6) is 0.362. The molecule has 1 aromatic heterocycles. The lowest BCUT2D eigenvalue weighted by Crippen LogP contribution is -2.52. The molecule has 1 aromatic rings. The zero-order chi connectivity index (χ0) is 11.1. The molecule has 1 atom stereocenters. The highest BCUT2D eigenvalue weighted by Crippen LogP contribution is 2.20.